The standard InChI is InChI=1S/C10H13ClFNO/c1-6(2-3-13)7-4-8(12)10(11)9(14)5-7/h4-6,14H,2-3,13H2,1H3. The third-order valence-corrected chi connectivity index (χ3v) is 2.57. The summed E-state index contributed by atoms with van der Waals surface area (Å²) in [5.41, 5.74) is 6.11. The lowest BCUT2D eigenvalue weighted by atomic mass is 9.97. The normalized spacial score (nSPS) is 12.9. The lowest BCUT2D eigenvalue weighted by Gasteiger charge is -2.11. The summed E-state index contributed by atoms with van der Waals surface area (Å²) in [6, 6.07) is 2.81. The quantitative estimate of drug-likeness (QED) is 0.818. The molecule has 1 unspecified atom stereocenters. The van der Waals surface area contributed by atoms with Crippen LogP contribution in [0.5, 0.6) is 5.75 Å². The van der Waals surface area contributed by atoms with E-state index in [0.29, 0.717) is 6.54 Å². The highest BCUT2D eigenvalue weighted by Gasteiger charge is 2.11. The van der Waals surface area contributed by atoms with Crippen LogP contribution < -0.4 is 5.73 Å². The van der Waals surface area contributed by atoms with Crippen LogP contribution >= 0.6 is 11.6 Å². The molecule has 0 fully saturated rings. The van der Waals surface area contributed by atoms with Gasteiger partial charge in [-0.1, -0.05) is 18.5 Å². The molecule has 0 radical (unpaired) electrons. The first-order valence-electron chi connectivity index (χ1n) is 4.44. The van der Waals surface area contributed by atoms with Gasteiger partial charge < -0.3 is 10.8 Å². The second-order valence-corrected chi connectivity index (χ2v) is 3.69. The molecule has 4 heteroatoms. The van der Waals surface area contributed by atoms with Crippen molar-refractivity contribution < 1.29 is 9.50 Å². The van der Waals surface area contributed by atoms with E-state index in [-0.39, 0.29) is 16.7 Å². The number of halogens is 2. The van der Waals surface area contributed by atoms with Gasteiger partial charge >= 0.3 is 0 Å². The topological polar surface area (TPSA) is 46.2 Å². The predicted molar refractivity (Wildman–Crippen MR) is 55.2 cm³/mol. The molecule has 0 saturated heterocycles. The summed E-state index contributed by atoms with van der Waals surface area (Å²) in [4.78, 5) is 0. The molecule has 0 aliphatic rings. The first-order valence-corrected chi connectivity index (χ1v) is 4.82. The fraction of sp³-hybridized carbons (Fsp3) is 0.400. The van der Waals surface area contributed by atoms with E-state index in [0.717, 1.165) is 12.0 Å². The SMILES string of the molecule is CC(CCN)c1cc(O)c(Cl)c(F)c1. The Bertz CT molecular complexity index is 307. The Kier molecular flexibility index (Phi) is 3.72. The smallest absolute Gasteiger partial charge is 0.145 e. The van der Waals surface area contributed by atoms with E-state index in [1.807, 2.05) is 6.92 Å². The fourth-order valence-electron chi connectivity index (χ4n) is 1.30. The maximum absolute atomic E-state index is 13.1. The summed E-state index contributed by atoms with van der Waals surface area (Å²) >= 11 is 5.48. The lowest BCUT2D eigenvalue weighted by molar-refractivity contribution is 0.467. The van der Waals surface area contributed by atoms with Gasteiger partial charge in [0.1, 0.15) is 16.6 Å². The maximum atomic E-state index is 13.1. The van der Waals surface area contributed by atoms with Gasteiger partial charge in [-0.25, -0.2) is 4.39 Å². The van der Waals surface area contributed by atoms with Crippen LogP contribution in [0.15, 0.2) is 12.1 Å². The molecule has 0 amide bonds. The minimum absolute atomic E-state index is 0.123. The van der Waals surface area contributed by atoms with Gasteiger partial charge in [-0.15, -0.1) is 0 Å². The van der Waals surface area contributed by atoms with Gasteiger partial charge in [0.25, 0.3) is 0 Å². The number of nitrogens with two attached hydrogens (primary N) is 1. The van der Waals surface area contributed by atoms with Crippen molar-refractivity contribution in [3.63, 3.8) is 0 Å². The van der Waals surface area contributed by atoms with E-state index in [1.165, 1.54) is 12.1 Å². The van der Waals surface area contributed by atoms with Crippen LogP contribution in [-0.4, -0.2) is 11.7 Å². The van der Waals surface area contributed by atoms with Crippen molar-refractivity contribution in [2.75, 3.05) is 6.54 Å². The molecule has 2 nitrogen and oxygen atoms in total. The Morgan fingerprint density at radius 2 is 2.21 bits per heavy atom. The number of benzene rings is 1. The third-order valence-electron chi connectivity index (χ3n) is 2.20. The highest BCUT2D eigenvalue weighted by atomic mass is 35.5. The largest absolute Gasteiger partial charge is 0.506 e. The van der Waals surface area contributed by atoms with Gasteiger partial charge in [-0.2, -0.15) is 0 Å². The van der Waals surface area contributed by atoms with E-state index in [9.17, 15) is 9.50 Å². The highest BCUT2D eigenvalue weighted by molar-refractivity contribution is 6.32. The van der Waals surface area contributed by atoms with Gasteiger partial charge in [-0.05, 0) is 36.6 Å². The number of aromatic hydroxyl groups is 1. The van der Waals surface area contributed by atoms with Crippen molar-refractivity contribution in [2.24, 2.45) is 5.73 Å². The van der Waals surface area contributed by atoms with Crippen LogP contribution in [0.4, 0.5) is 4.39 Å². The second-order valence-electron chi connectivity index (χ2n) is 3.31. The van der Waals surface area contributed by atoms with E-state index < -0.39 is 5.82 Å². The summed E-state index contributed by atoms with van der Waals surface area (Å²) < 4.78 is 13.1. The Hall–Kier alpha value is -0.800. The van der Waals surface area contributed by atoms with Crippen LogP contribution in [0.2, 0.25) is 5.02 Å². The van der Waals surface area contributed by atoms with Crippen LogP contribution in [-0.2, 0) is 0 Å². The van der Waals surface area contributed by atoms with Crippen molar-refractivity contribution in [3.05, 3.63) is 28.5 Å². The van der Waals surface area contributed by atoms with Crippen LogP contribution in [0, 0.1) is 5.82 Å². The molecule has 0 saturated carbocycles. The molecule has 0 aromatic heterocycles. The summed E-state index contributed by atoms with van der Waals surface area (Å²) in [6.45, 7) is 2.46. The monoisotopic (exact) mass is 217 g/mol. The molecule has 0 heterocycles. The summed E-state index contributed by atoms with van der Waals surface area (Å²) in [6.07, 6.45) is 0.751. The molecule has 1 aromatic rings. The zero-order valence-electron chi connectivity index (χ0n) is 7.93. The number of phenols is 1. The second kappa shape index (κ2) is 4.62. The Balaban J connectivity index is 3.00. The Morgan fingerprint density at radius 1 is 1.57 bits per heavy atom. The maximum Gasteiger partial charge on any atom is 0.145 e. The van der Waals surface area contributed by atoms with Crippen molar-refractivity contribution in [1.29, 1.82) is 0 Å². The van der Waals surface area contributed by atoms with E-state index >= 15 is 0 Å². The molecule has 1 aromatic carbocycles. The first-order chi connectivity index (χ1) is 6.56. The fourth-order valence-corrected chi connectivity index (χ4v) is 1.41. The number of hydrogen-bond donors (Lipinski definition) is 2. The first kappa shape index (κ1) is 11.3. The number of rotatable bonds is 3. The third kappa shape index (κ3) is 2.36. The summed E-state index contributed by atoms with van der Waals surface area (Å²) in [5.74, 6) is -0.686. The predicted octanol–water partition coefficient (Wildman–Crippen LogP) is 2.64. The summed E-state index contributed by atoms with van der Waals surface area (Å²) in [5, 5.41) is 9.07. The molecule has 1 atom stereocenters. The minimum atomic E-state index is -0.592. The lowest BCUT2D eigenvalue weighted by Crippen LogP contribution is -2.04. The molecule has 78 valence electrons. The Morgan fingerprint density at radius 3 is 2.71 bits per heavy atom. The van der Waals surface area contributed by atoms with Gasteiger partial charge in [0, 0.05) is 0 Å². The zero-order valence-corrected chi connectivity index (χ0v) is 8.68. The van der Waals surface area contributed by atoms with Crippen LogP contribution in [0.3, 0.4) is 0 Å². The van der Waals surface area contributed by atoms with Crippen LogP contribution in [0.25, 0.3) is 0 Å². The Labute approximate surface area is 87.5 Å². The molecule has 0 aliphatic heterocycles. The highest BCUT2D eigenvalue weighted by Crippen LogP contribution is 2.31. The molecule has 0 bridgehead atoms. The minimum Gasteiger partial charge on any atom is -0.506 e. The number of hydrogen-bond acceptors (Lipinski definition) is 2. The van der Waals surface area contributed by atoms with Crippen molar-refractivity contribution in [2.45, 2.75) is 19.3 Å². The average molecular weight is 218 g/mol. The van der Waals surface area contributed by atoms with Gasteiger partial charge in [0.05, 0.1) is 0 Å². The summed E-state index contributed by atoms with van der Waals surface area (Å²) in [7, 11) is 0. The zero-order chi connectivity index (χ0) is 10.7. The van der Waals surface area contributed by atoms with Gasteiger partial charge in [0.15, 0.2) is 0 Å². The molecule has 0 aliphatic carbocycles. The molecular formula is C10H13ClFNO. The van der Waals surface area contributed by atoms with Crippen molar-refractivity contribution >= 4 is 11.6 Å². The van der Waals surface area contributed by atoms with E-state index in [2.05, 4.69) is 0 Å². The molecule has 0 spiro atoms. The number of phenolic OH excluding ortho intramolecular Hbond substituents is 1. The molecule has 1 rings (SSSR count). The average Bonchev–Trinajstić information content (AvgIpc) is 2.13. The van der Waals surface area contributed by atoms with Crippen molar-refractivity contribution in [1.82, 2.24) is 0 Å². The van der Waals surface area contributed by atoms with E-state index in [4.69, 9.17) is 17.3 Å². The van der Waals surface area contributed by atoms with E-state index in [1.54, 1.807) is 0 Å². The van der Waals surface area contributed by atoms with Crippen molar-refractivity contribution in [3.8, 4) is 5.75 Å². The molecule has 14 heavy (non-hydrogen) atoms. The van der Waals surface area contributed by atoms with Gasteiger partial charge in [0.2, 0.25) is 0 Å². The van der Waals surface area contributed by atoms with Crippen LogP contribution in [0.1, 0.15) is 24.8 Å². The van der Waals surface area contributed by atoms with Gasteiger partial charge in [-0.3, -0.25) is 0 Å². The molecular weight excluding hydrogens is 205 g/mol. The molecule has 3 N–H and O–H groups in total.